The smallest absolute Gasteiger partial charge is 0.268 e. The maximum absolute atomic E-state index is 12.8. The van der Waals surface area contributed by atoms with Crippen molar-refractivity contribution < 1.29 is 4.79 Å². The van der Waals surface area contributed by atoms with Crippen LogP contribution >= 0.6 is 11.3 Å². The van der Waals surface area contributed by atoms with Crippen LogP contribution in [0.3, 0.4) is 0 Å². The Morgan fingerprint density at radius 2 is 2.10 bits per heavy atom. The summed E-state index contributed by atoms with van der Waals surface area (Å²) in [6.07, 6.45) is 6.96. The maximum Gasteiger partial charge on any atom is 0.268 e. The van der Waals surface area contributed by atoms with E-state index in [9.17, 15) is 4.79 Å². The molecule has 1 amide bonds. The zero-order valence-electron chi connectivity index (χ0n) is 13.0. The molecule has 1 aromatic heterocycles. The van der Waals surface area contributed by atoms with Crippen LogP contribution in [0.15, 0.2) is 0 Å². The van der Waals surface area contributed by atoms with Gasteiger partial charge in [-0.1, -0.05) is 37.5 Å². The van der Waals surface area contributed by atoms with E-state index in [1.165, 1.54) is 30.6 Å². The van der Waals surface area contributed by atoms with Crippen LogP contribution in [0.4, 0.5) is 10.9 Å². The lowest BCUT2D eigenvalue weighted by Crippen LogP contribution is -2.41. The minimum atomic E-state index is 0.0453. The summed E-state index contributed by atoms with van der Waals surface area (Å²) < 4.78 is 0. The van der Waals surface area contributed by atoms with Crippen LogP contribution in [0.5, 0.6) is 0 Å². The first-order valence-corrected chi connectivity index (χ1v) is 8.80. The number of nitrogens with zero attached hydrogens (tertiary/aromatic N) is 2. The molecule has 2 rings (SSSR count). The second-order valence-corrected chi connectivity index (χ2v) is 6.54. The molecule has 0 spiro atoms. The first kappa shape index (κ1) is 16.1. The Bertz CT molecular complexity index is 468. The van der Waals surface area contributed by atoms with E-state index in [1.54, 1.807) is 0 Å². The van der Waals surface area contributed by atoms with Crippen LogP contribution < -0.4 is 11.1 Å². The SMILES string of the molecule is CCCNc1nc(N)c(C(=O)N(CC)C2CCCCC2)s1. The van der Waals surface area contributed by atoms with Crippen molar-refractivity contribution in [2.75, 3.05) is 24.1 Å². The molecule has 1 saturated carbocycles. The van der Waals surface area contributed by atoms with Crippen LogP contribution in [0.25, 0.3) is 0 Å². The molecular formula is C15H26N4OS. The molecule has 6 heteroatoms. The number of aromatic nitrogens is 1. The largest absolute Gasteiger partial charge is 0.382 e. The molecule has 21 heavy (non-hydrogen) atoms. The highest BCUT2D eigenvalue weighted by molar-refractivity contribution is 7.18. The Morgan fingerprint density at radius 1 is 1.38 bits per heavy atom. The zero-order valence-corrected chi connectivity index (χ0v) is 13.8. The van der Waals surface area contributed by atoms with Gasteiger partial charge in [0.05, 0.1) is 0 Å². The summed E-state index contributed by atoms with van der Waals surface area (Å²) >= 11 is 1.38. The van der Waals surface area contributed by atoms with Gasteiger partial charge in [0.25, 0.3) is 5.91 Å². The second-order valence-electron chi connectivity index (χ2n) is 5.54. The van der Waals surface area contributed by atoms with E-state index in [-0.39, 0.29) is 5.91 Å². The fraction of sp³-hybridized carbons (Fsp3) is 0.733. The molecule has 1 fully saturated rings. The summed E-state index contributed by atoms with van der Waals surface area (Å²) in [6, 6.07) is 0.366. The van der Waals surface area contributed by atoms with Gasteiger partial charge in [-0.2, -0.15) is 0 Å². The van der Waals surface area contributed by atoms with E-state index in [2.05, 4.69) is 17.2 Å². The Labute approximate surface area is 130 Å². The van der Waals surface area contributed by atoms with Crippen LogP contribution in [-0.4, -0.2) is 34.9 Å². The molecule has 1 aliphatic rings. The minimum absolute atomic E-state index is 0.0453. The molecule has 118 valence electrons. The number of anilines is 2. The third-order valence-corrected chi connectivity index (χ3v) is 5.01. The highest BCUT2D eigenvalue weighted by Crippen LogP contribution is 2.29. The second kappa shape index (κ2) is 7.64. The number of nitrogens with one attached hydrogen (secondary N) is 1. The van der Waals surface area contributed by atoms with Crippen molar-refractivity contribution in [1.82, 2.24) is 9.88 Å². The van der Waals surface area contributed by atoms with Gasteiger partial charge < -0.3 is 16.0 Å². The number of carbonyl (C=O) groups is 1. The van der Waals surface area contributed by atoms with Crippen molar-refractivity contribution >= 4 is 28.2 Å². The molecule has 1 aliphatic carbocycles. The molecule has 0 atom stereocenters. The van der Waals surface area contributed by atoms with Gasteiger partial charge in [0.1, 0.15) is 10.7 Å². The summed E-state index contributed by atoms with van der Waals surface area (Å²) in [4.78, 5) is 19.6. The minimum Gasteiger partial charge on any atom is -0.382 e. The number of nitrogen functional groups attached to an aromatic ring is 1. The summed E-state index contributed by atoms with van der Waals surface area (Å²) in [7, 11) is 0. The quantitative estimate of drug-likeness (QED) is 0.845. The number of hydrogen-bond acceptors (Lipinski definition) is 5. The Hall–Kier alpha value is -1.30. The molecule has 0 aromatic carbocycles. The Morgan fingerprint density at radius 3 is 2.71 bits per heavy atom. The number of hydrogen-bond donors (Lipinski definition) is 2. The Kier molecular flexibility index (Phi) is 5.85. The standard InChI is InChI=1S/C15H26N4OS/c1-3-10-17-15-18-13(16)12(21-15)14(20)19(4-2)11-8-6-5-7-9-11/h11H,3-10,16H2,1-2H3,(H,17,18). The van der Waals surface area contributed by atoms with E-state index in [4.69, 9.17) is 5.73 Å². The summed E-state index contributed by atoms with van der Waals surface area (Å²) in [6.45, 7) is 5.72. The van der Waals surface area contributed by atoms with Gasteiger partial charge in [-0.25, -0.2) is 4.98 Å². The van der Waals surface area contributed by atoms with E-state index in [0.717, 1.165) is 37.5 Å². The van der Waals surface area contributed by atoms with Crippen molar-refractivity contribution in [3.8, 4) is 0 Å². The molecule has 0 unspecified atom stereocenters. The maximum atomic E-state index is 12.8. The molecule has 0 saturated heterocycles. The van der Waals surface area contributed by atoms with Gasteiger partial charge in [-0.05, 0) is 26.2 Å². The monoisotopic (exact) mass is 310 g/mol. The number of amides is 1. The van der Waals surface area contributed by atoms with Gasteiger partial charge in [0.15, 0.2) is 5.13 Å². The van der Waals surface area contributed by atoms with E-state index in [0.29, 0.717) is 16.7 Å². The highest BCUT2D eigenvalue weighted by Gasteiger charge is 2.28. The number of nitrogens with two attached hydrogens (primary N) is 1. The molecule has 0 aliphatic heterocycles. The predicted molar refractivity (Wildman–Crippen MR) is 88.9 cm³/mol. The molecule has 1 aromatic rings. The third-order valence-electron chi connectivity index (χ3n) is 3.99. The van der Waals surface area contributed by atoms with Crippen molar-refractivity contribution in [1.29, 1.82) is 0 Å². The van der Waals surface area contributed by atoms with Crippen LogP contribution in [-0.2, 0) is 0 Å². The van der Waals surface area contributed by atoms with Crippen LogP contribution in [0, 0.1) is 0 Å². The van der Waals surface area contributed by atoms with Crippen molar-refractivity contribution in [2.45, 2.75) is 58.4 Å². The van der Waals surface area contributed by atoms with E-state index >= 15 is 0 Å². The number of thiazole rings is 1. The fourth-order valence-corrected chi connectivity index (χ4v) is 3.75. The van der Waals surface area contributed by atoms with Gasteiger partial charge in [-0.15, -0.1) is 0 Å². The lowest BCUT2D eigenvalue weighted by Gasteiger charge is -2.33. The molecule has 1 heterocycles. The highest BCUT2D eigenvalue weighted by atomic mass is 32.1. The molecule has 0 radical (unpaired) electrons. The summed E-state index contributed by atoms with van der Waals surface area (Å²) in [5.74, 6) is 0.404. The molecule has 0 bridgehead atoms. The number of carbonyl (C=O) groups excluding carboxylic acids is 1. The Balaban J connectivity index is 2.11. The van der Waals surface area contributed by atoms with Crippen molar-refractivity contribution in [3.63, 3.8) is 0 Å². The molecular weight excluding hydrogens is 284 g/mol. The first-order chi connectivity index (χ1) is 10.2. The van der Waals surface area contributed by atoms with Gasteiger partial charge in [0.2, 0.25) is 0 Å². The van der Waals surface area contributed by atoms with Crippen LogP contribution in [0.1, 0.15) is 62.0 Å². The molecule has 3 N–H and O–H groups in total. The average molecular weight is 310 g/mol. The summed E-state index contributed by atoms with van der Waals surface area (Å²) in [5, 5.41) is 3.95. The van der Waals surface area contributed by atoms with E-state index in [1.807, 2.05) is 11.8 Å². The van der Waals surface area contributed by atoms with Gasteiger partial charge >= 0.3 is 0 Å². The fourth-order valence-electron chi connectivity index (χ4n) is 2.88. The summed E-state index contributed by atoms with van der Waals surface area (Å²) in [5.41, 5.74) is 5.95. The van der Waals surface area contributed by atoms with E-state index < -0.39 is 0 Å². The lowest BCUT2D eigenvalue weighted by atomic mass is 9.94. The lowest BCUT2D eigenvalue weighted by molar-refractivity contribution is 0.0654. The van der Waals surface area contributed by atoms with Gasteiger partial charge in [0, 0.05) is 19.1 Å². The van der Waals surface area contributed by atoms with Crippen molar-refractivity contribution in [2.24, 2.45) is 0 Å². The first-order valence-electron chi connectivity index (χ1n) is 7.98. The average Bonchev–Trinajstić information content (AvgIpc) is 2.88. The van der Waals surface area contributed by atoms with Gasteiger partial charge in [-0.3, -0.25) is 4.79 Å². The third kappa shape index (κ3) is 3.87. The zero-order chi connectivity index (χ0) is 15.2. The molecule has 5 nitrogen and oxygen atoms in total. The normalized spacial score (nSPS) is 15.9. The van der Waals surface area contributed by atoms with Crippen molar-refractivity contribution in [3.05, 3.63) is 4.88 Å². The topological polar surface area (TPSA) is 71.2 Å². The van der Waals surface area contributed by atoms with Crippen LogP contribution in [0.2, 0.25) is 0 Å². The predicted octanol–water partition coefficient (Wildman–Crippen LogP) is 3.34. The number of rotatable bonds is 6.